The van der Waals surface area contributed by atoms with E-state index in [-0.39, 0.29) is 22.3 Å². The van der Waals surface area contributed by atoms with Crippen LogP contribution in [0.2, 0.25) is 0 Å². The van der Waals surface area contributed by atoms with Crippen LogP contribution in [0.5, 0.6) is 0 Å². The highest BCUT2D eigenvalue weighted by atomic mass is 16.6. The molecule has 1 N–H and O–H groups in total. The molecule has 9 nitrogen and oxygen atoms in total. The second-order valence-electron chi connectivity index (χ2n) is 9.44. The van der Waals surface area contributed by atoms with Crippen molar-refractivity contribution in [3.63, 3.8) is 0 Å². The Morgan fingerprint density at radius 1 is 0.488 bits per heavy atom. The first-order valence-electron chi connectivity index (χ1n) is 13.5. The average Bonchev–Trinajstić information content (AvgIpc) is 3.06. The second-order valence-corrected chi connectivity index (χ2v) is 9.44. The Labute approximate surface area is 248 Å². The first-order chi connectivity index (χ1) is 20.9. The van der Waals surface area contributed by atoms with Gasteiger partial charge in [-0.05, 0) is 55.5 Å². The zero-order valence-electron chi connectivity index (χ0n) is 23.3. The van der Waals surface area contributed by atoms with Crippen molar-refractivity contribution < 1.29 is 43.2 Å². The highest BCUT2D eigenvalue weighted by Gasteiger charge is 2.43. The van der Waals surface area contributed by atoms with Gasteiger partial charge in [-0.15, -0.1) is 0 Å². The van der Waals surface area contributed by atoms with Crippen LogP contribution in [0.4, 0.5) is 0 Å². The molecule has 0 aliphatic rings. The number of esters is 4. The number of ether oxygens (including phenoxy) is 4. The van der Waals surface area contributed by atoms with E-state index < -0.39 is 54.9 Å². The van der Waals surface area contributed by atoms with Crippen LogP contribution in [0, 0.1) is 0 Å². The summed E-state index contributed by atoms with van der Waals surface area (Å²) in [5.74, 6) is -3.21. The minimum Gasteiger partial charge on any atom is -0.455 e. The molecule has 0 fully saturated rings. The van der Waals surface area contributed by atoms with E-state index in [9.17, 15) is 24.3 Å². The Bertz CT molecular complexity index is 1490. The summed E-state index contributed by atoms with van der Waals surface area (Å²) in [5, 5.41) is 10.4. The molecular formula is C34H30O9. The predicted octanol–water partition coefficient (Wildman–Crippen LogP) is 4.90. The smallest absolute Gasteiger partial charge is 0.338 e. The number of aliphatic hydroxyl groups excluding tert-OH is 1. The molecule has 43 heavy (non-hydrogen) atoms. The predicted molar refractivity (Wildman–Crippen MR) is 155 cm³/mol. The second kappa shape index (κ2) is 15.1. The fraction of sp³-hybridized carbons (Fsp3) is 0.176. The van der Waals surface area contributed by atoms with Crippen molar-refractivity contribution in [1.29, 1.82) is 0 Å². The lowest BCUT2D eigenvalue weighted by Gasteiger charge is -2.34. The molecule has 0 heterocycles. The Morgan fingerprint density at radius 3 is 1.14 bits per heavy atom. The van der Waals surface area contributed by atoms with Gasteiger partial charge in [0.1, 0.15) is 6.10 Å². The zero-order chi connectivity index (χ0) is 30.6. The van der Waals surface area contributed by atoms with Gasteiger partial charge in [-0.3, -0.25) is 0 Å². The molecule has 0 aliphatic carbocycles. The quantitative estimate of drug-likeness (QED) is 0.183. The van der Waals surface area contributed by atoms with Gasteiger partial charge in [-0.25, -0.2) is 19.2 Å². The van der Waals surface area contributed by atoms with Crippen LogP contribution in [0.15, 0.2) is 121 Å². The number of benzene rings is 4. The molecule has 0 radical (unpaired) electrons. The zero-order valence-corrected chi connectivity index (χ0v) is 23.3. The van der Waals surface area contributed by atoms with Gasteiger partial charge in [0.2, 0.25) is 0 Å². The fourth-order valence-corrected chi connectivity index (χ4v) is 4.18. The molecule has 0 bridgehead atoms. The van der Waals surface area contributed by atoms with Gasteiger partial charge in [-0.2, -0.15) is 0 Å². The number of rotatable bonds is 12. The van der Waals surface area contributed by atoms with Crippen LogP contribution in [0.3, 0.4) is 0 Å². The lowest BCUT2D eigenvalue weighted by atomic mass is 10.0. The van der Waals surface area contributed by atoms with Crippen LogP contribution in [-0.2, 0) is 18.9 Å². The number of carbonyl (C=O) groups is 4. The minimum atomic E-state index is -1.60. The molecule has 0 saturated heterocycles. The highest BCUT2D eigenvalue weighted by molar-refractivity contribution is 5.91. The van der Waals surface area contributed by atoms with Gasteiger partial charge in [0.15, 0.2) is 18.3 Å². The molecule has 9 heteroatoms. The first-order valence-corrected chi connectivity index (χ1v) is 13.5. The standard InChI is InChI=1S/C34H30O9/c1-23(40-31(36)24-14-6-2-7-15-24)29(42-33(38)26-18-10-4-11-19-26)30(43-34(39)27-20-12-5-13-21-27)28(22-35)41-32(37)25-16-8-3-9-17-25/h2-21,23,28-30,35H,22H2,1H3/t23-,28+,29+,30-/m0/s1. The van der Waals surface area contributed by atoms with Crippen molar-refractivity contribution in [2.45, 2.75) is 31.3 Å². The largest absolute Gasteiger partial charge is 0.455 e. The van der Waals surface area contributed by atoms with E-state index in [1.165, 1.54) is 43.3 Å². The van der Waals surface area contributed by atoms with Crippen molar-refractivity contribution >= 4 is 23.9 Å². The molecule has 0 amide bonds. The summed E-state index contributed by atoms with van der Waals surface area (Å²) in [7, 11) is 0. The van der Waals surface area contributed by atoms with Crippen molar-refractivity contribution in [2.75, 3.05) is 6.61 Å². The molecule has 4 atom stereocenters. The van der Waals surface area contributed by atoms with Crippen molar-refractivity contribution in [2.24, 2.45) is 0 Å². The Balaban J connectivity index is 1.71. The molecule has 0 aromatic heterocycles. The van der Waals surface area contributed by atoms with Crippen LogP contribution >= 0.6 is 0 Å². The Morgan fingerprint density at radius 2 is 0.791 bits per heavy atom. The monoisotopic (exact) mass is 582 g/mol. The maximum Gasteiger partial charge on any atom is 0.338 e. The topological polar surface area (TPSA) is 125 Å². The highest BCUT2D eigenvalue weighted by Crippen LogP contribution is 2.23. The summed E-state index contributed by atoms with van der Waals surface area (Å²) < 4.78 is 22.9. The molecule has 220 valence electrons. The van der Waals surface area contributed by atoms with Gasteiger partial charge in [0.25, 0.3) is 0 Å². The summed E-state index contributed by atoms with van der Waals surface area (Å²) in [4.78, 5) is 52.5. The van der Waals surface area contributed by atoms with E-state index in [1.807, 2.05) is 0 Å². The first kappa shape index (κ1) is 30.7. The van der Waals surface area contributed by atoms with E-state index >= 15 is 0 Å². The fourth-order valence-electron chi connectivity index (χ4n) is 4.18. The van der Waals surface area contributed by atoms with Crippen LogP contribution in [0.1, 0.15) is 48.4 Å². The van der Waals surface area contributed by atoms with Crippen molar-refractivity contribution in [1.82, 2.24) is 0 Å². The molecule has 4 aromatic rings. The number of carbonyl (C=O) groups excluding carboxylic acids is 4. The van der Waals surface area contributed by atoms with Gasteiger partial charge in [0.05, 0.1) is 28.9 Å². The van der Waals surface area contributed by atoms with Crippen LogP contribution < -0.4 is 0 Å². The average molecular weight is 583 g/mol. The summed E-state index contributed by atoms with van der Waals surface area (Å²) in [5.41, 5.74) is 0.731. The van der Waals surface area contributed by atoms with E-state index in [0.29, 0.717) is 0 Å². The lowest BCUT2D eigenvalue weighted by Crippen LogP contribution is -2.52. The van der Waals surface area contributed by atoms with Crippen LogP contribution in [-0.4, -0.2) is 60.0 Å². The number of hydrogen-bond donors (Lipinski definition) is 1. The van der Waals surface area contributed by atoms with E-state index in [2.05, 4.69) is 0 Å². The van der Waals surface area contributed by atoms with Crippen LogP contribution in [0.25, 0.3) is 0 Å². The SMILES string of the molecule is C[C@H](OC(=O)c1ccccc1)[C@@H](OC(=O)c1ccccc1)[C@@H](OC(=O)c1ccccc1)[C@@H](CO)OC(=O)c1ccccc1. The molecule has 0 unspecified atom stereocenters. The Hall–Kier alpha value is -5.28. The van der Waals surface area contributed by atoms with Gasteiger partial charge >= 0.3 is 23.9 Å². The minimum absolute atomic E-state index is 0.153. The molecule has 0 aliphatic heterocycles. The third-order valence-corrected chi connectivity index (χ3v) is 6.41. The number of hydrogen-bond acceptors (Lipinski definition) is 9. The van der Waals surface area contributed by atoms with Crippen molar-refractivity contribution in [3.8, 4) is 0 Å². The maximum atomic E-state index is 13.3. The Kier molecular flexibility index (Phi) is 10.8. The lowest BCUT2D eigenvalue weighted by molar-refractivity contribution is -0.127. The molecule has 4 aromatic carbocycles. The summed E-state index contributed by atoms with van der Waals surface area (Å²) >= 11 is 0. The van der Waals surface area contributed by atoms with Gasteiger partial charge in [0, 0.05) is 0 Å². The van der Waals surface area contributed by atoms with Gasteiger partial charge in [-0.1, -0.05) is 72.8 Å². The molecule has 4 rings (SSSR count). The normalized spacial score (nSPS) is 13.4. The van der Waals surface area contributed by atoms with E-state index in [1.54, 1.807) is 84.9 Å². The molecular weight excluding hydrogens is 552 g/mol. The third-order valence-electron chi connectivity index (χ3n) is 6.41. The summed E-state index contributed by atoms with van der Waals surface area (Å²) in [6, 6.07) is 32.1. The molecule has 0 spiro atoms. The summed E-state index contributed by atoms with van der Waals surface area (Å²) in [6.07, 6.45) is -5.88. The van der Waals surface area contributed by atoms with Gasteiger partial charge < -0.3 is 24.1 Å². The van der Waals surface area contributed by atoms with E-state index in [0.717, 1.165) is 0 Å². The molecule has 0 saturated carbocycles. The third kappa shape index (κ3) is 8.37. The van der Waals surface area contributed by atoms with Crippen molar-refractivity contribution in [3.05, 3.63) is 144 Å². The number of aliphatic hydroxyl groups is 1. The maximum absolute atomic E-state index is 13.3. The van der Waals surface area contributed by atoms with E-state index in [4.69, 9.17) is 18.9 Å². The summed E-state index contributed by atoms with van der Waals surface area (Å²) in [6.45, 7) is 0.630.